The molecule has 0 unspecified atom stereocenters. The van der Waals surface area contributed by atoms with Crippen LogP contribution in [0.15, 0.2) is 30.3 Å². The molecule has 1 aromatic carbocycles. The Balaban J connectivity index is 1.67. The first-order chi connectivity index (χ1) is 9.75. The first-order valence-corrected chi connectivity index (χ1v) is 7.46. The van der Waals surface area contributed by atoms with E-state index in [9.17, 15) is 9.90 Å². The van der Waals surface area contributed by atoms with Gasteiger partial charge in [-0.05, 0) is 18.4 Å². The lowest BCUT2D eigenvalue weighted by molar-refractivity contribution is 0.0319. The number of rotatable bonds is 3. The van der Waals surface area contributed by atoms with Gasteiger partial charge in [0.2, 0.25) is 0 Å². The summed E-state index contributed by atoms with van der Waals surface area (Å²) in [6.45, 7) is 0.500. The van der Waals surface area contributed by atoms with Crippen molar-refractivity contribution in [3.05, 3.63) is 35.9 Å². The first kappa shape index (κ1) is 13.4. The van der Waals surface area contributed by atoms with Gasteiger partial charge in [-0.15, -0.1) is 0 Å². The standard InChI is InChI=1S/C16H21NO3/c18-15(12-7-3-1-4-8-12)14-11-17(16(19)20-14)13-9-5-2-6-10-13/h1,3-4,7-8,13-15,18H,2,5-6,9-11H2/t14-,15+/m1/s1. The number of ether oxygens (including phenoxy) is 1. The Kier molecular flexibility index (Phi) is 3.92. The molecule has 3 rings (SSSR count). The van der Waals surface area contributed by atoms with Crippen LogP contribution in [-0.4, -0.2) is 34.8 Å². The van der Waals surface area contributed by atoms with Crippen LogP contribution in [0.5, 0.6) is 0 Å². The van der Waals surface area contributed by atoms with E-state index < -0.39 is 12.2 Å². The van der Waals surface area contributed by atoms with E-state index in [-0.39, 0.29) is 6.09 Å². The molecular formula is C16H21NO3. The molecule has 2 fully saturated rings. The summed E-state index contributed by atoms with van der Waals surface area (Å²) in [4.78, 5) is 13.8. The highest BCUT2D eigenvalue weighted by molar-refractivity contribution is 5.70. The zero-order chi connectivity index (χ0) is 13.9. The van der Waals surface area contributed by atoms with Crippen molar-refractivity contribution in [3.8, 4) is 0 Å². The van der Waals surface area contributed by atoms with Gasteiger partial charge in [0.25, 0.3) is 0 Å². The number of hydrogen-bond donors (Lipinski definition) is 1. The fraction of sp³-hybridized carbons (Fsp3) is 0.562. The van der Waals surface area contributed by atoms with Crippen LogP contribution in [0.2, 0.25) is 0 Å². The summed E-state index contributed by atoms with van der Waals surface area (Å²) in [5.74, 6) is 0. The number of aliphatic hydroxyl groups is 1. The maximum absolute atomic E-state index is 12.0. The summed E-state index contributed by atoms with van der Waals surface area (Å²) in [6, 6.07) is 9.70. The summed E-state index contributed by atoms with van der Waals surface area (Å²) < 4.78 is 5.38. The molecule has 1 aromatic rings. The first-order valence-electron chi connectivity index (χ1n) is 7.46. The molecule has 0 bridgehead atoms. The third kappa shape index (κ3) is 2.66. The van der Waals surface area contributed by atoms with Gasteiger partial charge in [0.05, 0.1) is 6.54 Å². The van der Waals surface area contributed by atoms with Crippen molar-refractivity contribution in [2.24, 2.45) is 0 Å². The van der Waals surface area contributed by atoms with E-state index in [1.807, 2.05) is 35.2 Å². The van der Waals surface area contributed by atoms with Gasteiger partial charge in [-0.2, -0.15) is 0 Å². The number of carbonyl (C=O) groups is 1. The lowest BCUT2D eigenvalue weighted by Crippen LogP contribution is -2.38. The number of benzene rings is 1. The molecule has 0 spiro atoms. The van der Waals surface area contributed by atoms with Crippen LogP contribution in [0.1, 0.15) is 43.8 Å². The number of cyclic esters (lactones) is 1. The monoisotopic (exact) mass is 275 g/mol. The second-order valence-corrected chi connectivity index (χ2v) is 5.72. The number of aliphatic hydroxyl groups excluding tert-OH is 1. The Morgan fingerprint density at radius 2 is 1.85 bits per heavy atom. The van der Waals surface area contributed by atoms with Crippen molar-refractivity contribution in [3.63, 3.8) is 0 Å². The van der Waals surface area contributed by atoms with Gasteiger partial charge >= 0.3 is 6.09 Å². The van der Waals surface area contributed by atoms with Crippen LogP contribution in [0.25, 0.3) is 0 Å². The van der Waals surface area contributed by atoms with Crippen LogP contribution in [0, 0.1) is 0 Å². The fourth-order valence-corrected chi connectivity index (χ4v) is 3.22. The van der Waals surface area contributed by atoms with Gasteiger partial charge in [0.15, 0.2) is 6.10 Å². The molecule has 0 radical (unpaired) electrons. The Hall–Kier alpha value is -1.55. The van der Waals surface area contributed by atoms with Gasteiger partial charge in [0, 0.05) is 6.04 Å². The van der Waals surface area contributed by atoms with Crippen molar-refractivity contribution < 1.29 is 14.6 Å². The predicted octanol–water partition coefficient (Wildman–Crippen LogP) is 2.87. The van der Waals surface area contributed by atoms with Crippen molar-refractivity contribution in [1.82, 2.24) is 4.90 Å². The van der Waals surface area contributed by atoms with E-state index in [0.29, 0.717) is 12.6 Å². The lowest BCUT2D eigenvalue weighted by atomic mass is 9.94. The molecule has 1 aliphatic heterocycles. The SMILES string of the molecule is O=C1O[C@@H]([C@@H](O)c2ccccc2)CN1C1CCCCC1. The Morgan fingerprint density at radius 3 is 2.55 bits per heavy atom. The number of carbonyl (C=O) groups excluding carboxylic acids is 1. The number of nitrogens with zero attached hydrogens (tertiary/aromatic N) is 1. The highest BCUT2D eigenvalue weighted by Crippen LogP contribution is 2.30. The minimum absolute atomic E-state index is 0.267. The van der Waals surface area contributed by atoms with E-state index in [0.717, 1.165) is 18.4 Å². The van der Waals surface area contributed by atoms with E-state index >= 15 is 0 Å². The maximum Gasteiger partial charge on any atom is 0.410 e. The minimum Gasteiger partial charge on any atom is -0.441 e. The van der Waals surface area contributed by atoms with Crippen LogP contribution < -0.4 is 0 Å². The quantitative estimate of drug-likeness (QED) is 0.922. The van der Waals surface area contributed by atoms with Crippen molar-refractivity contribution in [2.75, 3.05) is 6.54 Å². The minimum atomic E-state index is -0.742. The van der Waals surface area contributed by atoms with Crippen LogP contribution in [0.3, 0.4) is 0 Å². The second kappa shape index (κ2) is 5.83. The predicted molar refractivity (Wildman–Crippen MR) is 75.2 cm³/mol. The van der Waals surface area contributed by atoms with Crippen molar-refractivity contribution in [2.45, 2.75) is 50.4 Å². The molecule has 2 aliphatic rings. The normalized spacial score (nSPS) is 25.6. The van der Waals surface area contributed by atoms with Gasteiger partial charge in [-0.1, -0.05) is 49.6 Å². The smallest absolute Gasteiger partial charge is 0.410 e. The molecule has 0 aromatic heterocycles. The topological polar surface area (TPSA) is 49.8 Å². The molecule has 1 N–H and O–H groups in total. The van der Waals surface area contributed by atoms with Crippen molar-refractivity contribution >= 4 is 6.09 Å². The number of amides is 1. The summed E-state index contributed by atoms with van der Waals surface area (Å²) >= 11 is 0. The van der Waals surface area contributed by atoms with Crippen LogP contribution in [-0.2, 0) is 4.74 Å². The third-order valence-corrected chi connectivity index (χ3v) is 4.37. The molecular weight excluding hydrogens is 254 g/mol. The molecule has 1 saturated heterocycles. The molecule has 20 heavy (non-hydrogen) atoms. The van der Waals surface area contributed by atoms with Gasteiger partial charge in [0.1, 0.15) is 6.10 Å². The van der Waals surface area contributed by atoms with Crippen molar-refractivity contribution in [1.29, 1.82) is 0 Å². The van der Waals surface area contributed by atoms with Gasteiger partial charge < -0.3 is 14.7 Å². The lowest BCUT2D eigenvalue weighted by Gasteiger charge is -2.29. The molecule has 1 amide bonds. The molecule has 1 saturated carbocycles. The zero-order valence-electron chi connectivity index (χ0n) is 11.6. The van der Waals surface area contributed by atoms with E-state index in [2.05, 4.69) is 0 Å². The average molecular weight is 275 g/mol. The largest absolute Gasteiger partial charge is 0.441 e. The Morgan fingerprint density at radius 1 is 1.15 bits per heavy atom. The van der Waals surface area contributed by atoms with Crippen LogP contribution >= 0.6 is 0 Å². The molecule has 4 heteroatoms. The molecule has 1 aliphatic carbocycles. The van der Waals surface area contributed by atoms with E-state index in [1.165, 1.54) is 19.3 Å². The zero-order valence-corrected chi connectivity index (χ0v) is 11.6. The average Bonchev–Trinajstić information content (AvgIpc) is 2.90. The van der Waals surface area contributed by atoms with E-state index in [1.54, 1.807) is 0 Å². The fourth-order valence-electron chi connectivity index (χ4n) is 3.22. The summed E-state index contributed by atoms with van der Waals surface area (Å²) in [5, 5.41) is 10.4. The highest BCUT2D eigenvalue weighted by atomic mass is 16.6. The summed E-state index contributed by atoms with van der Waals surface area (Å²) in [5.41, 5.74) is 0.802. The van der Waals surface area contributed by atoms with Gasteiger partial charge in [-0.3, -0.25) is 0 Å². The second-order valence-electron chi connectivity index (χ2n) is 5.72. The Bertz CT molecular complexity index is 456. The van der Waals surface area contributed by atoms with Crippen LogP contribution in [0.4, 0.5) is 4.79 Å². The third-order valence-electron chi connectivity index (χ3n) is 4.37. The molecule has 108 valence electrons. The highest BCUT2D eigenvalue weighted by Gasteiger charge is 2.40. The summed E-state index contributed by atoms with van der Waals surface area (Å²) in [7, 11) is 0. The molecule has 2 atom stereocenters. The summed E-state index contributed by atoms with van der Waals surface area (Å²) in [6.07, 6.45) is 4.28. The molecule has 4 nitrogen and oxygen atoms in total. The van der Waals surface area contributed by atoms with Gasteiger partial charge in [-0.25, -0.2) is 4.79 Å². The maximum atomic E-state index is 12.0. The molecule has 1 heterocycles. The number of hydrogen-bond acceptors (Lipinski definition) is 3. The van der Waals surface area contributed by atoms with E-state index in [4.69, 9.17) is 4.74 Å². The Labute approximate surface area is 119 Å².